The number of hydrogen-bond donors (Lipinski definition) is 3. The van der Waals surface area contributed by atoms with Crippen LogP contribution >= 0.6 is 0 Å². The number of para-hydroxylation sites is 1. The summed E-state index contributed by atoms with van der Waals surface area (Å²) in [5, 5.41) is 13.9. The minimum atomic E-state index is -0.758. The molecular formula is C17H22N2O2. The van der Waals surface area contributed by atoms with E-state index in [-0.39, 0.29) is 6.04 Å². The second-order valence-corrected chi connectivity index (χ2v) is 5.87. The van der Waals surface area contributed by atoms with Crippen LogP contribution < -0.4 is 5.32 Å². The Morgan fingerprint density at radius 1 is 1.33 bits per heavy atom. The van der Waals surface area contributed by atoms with E-state index in [1.165, 1.54) is 29.5 Å². The molecule has 3 N–H and O–H groups in total. The third-order valence-corrected chi connectivity index (χ3v) is 4.40. The van der Waals surface area contributed by atoms with Crippen molar-refractivity contribution >= 4 is 16.9 Å². The predicted octanol–water partition coefficient (Wildman–Crippen LogP) is 3.39. The van der Waals surface area contributed by atoms with Gasteiger partial charge in [-0.25, -0.2) is 0 Å². The lowest BCUT2D eigenvalue weighted by molar-refractivity contribution is -0.139. The van der Waals surface area contributed by atoms with E-state index < -0.39 is 12.0 Å². The van der Waals surface area contributed by atoms with Gasteiger partial charge in [0.25, 0.3) is 0 Å². The molecule has 0 spiro atoms. The number of unbranched alkanes of at least 4 members (excludes halogenated alkanes) is 2. The summed E-state index contributed by atoms with van der Waals surface area (Å²) >= 11 is 0. The van der Waals surface area contributed by atoms with E-state index in [0.29, 0.717) is 6.42 Å². The van der Waals surface area contributed by atoms with Crippen LogP contribution in [0.15, 0.2) is 24.3 Å². The number of rotatable bonds is 5. The van der Waals surface area contributed by atoms with Crippen LogP contribution in [-0.2, 0) is 11.2 Å². The van der Waals surface area contributed by atoms with Crippen LogP contribution in [0.4, 0.5) is 0 Å². The summed E-state index contributed by atoms with van der Waals surface area (Å²) in [6.45, 7) is 2.18. The molecular weight excluding hydrogens is 264 g/mol. The molecule has 0 saturated carbocycles. The van der Waals surface area contributed by atoms with Crippen molar-refractivity contribution in [3.8, 4) is 0 Å². The van der Waals surface area contributed by atoms with Crippen LogP contribution in [-0.4, -0.2) is 22.1 Å². The van der Waals surface area contributed by atoms with E-state index in [1.54, 1.807) is 0 Å². The van der Waals surface area contributed by atoms with Gasteiger partial charge in [-0.05, 0) is 18.1 Å². The van der Waals surface area contributed by atoms with E-state index in [9.17, 15) is 9.90 Å². The van der Waals surface area contributed by atoms with Crippen molar-refractivity contribution in [2.45, 2.75) is 51.1 Å². The third kappa shape index (κ3) is 2.68. The molecule has 2 heterocycles. The molecule has 4 heteroatoms. The molecule has 1 aliphatic rings. The molecule has 1 aromatic carbocycles. The fourth-order valence-corrected chi connectivity index (χ4v) is 3.31. The second-order valence-electron chi connectivity index (χ2n) is 5.87. The lowest BCUT2D eigenvalue weighted by Gasteiger charge is -2.29. The molecule has 0 radical (unpaired) electrons. The number of carboxylic acids is 1. The van der Waals surface area contributed by atoms with Gasteiger partial charge in [-0.15, -0.1) is 0 Å². The number of aromatic nitrogens is 1. The van der Waals surface area contributed by atoms with Crippen LogP contribution in [0.25, 0.3) is 10.9 Å². The Morgan fingerprint density at radius 2 is 2.14 bits per heavy atom. The number of benzene rings is 1. The fraction of sp³-hybridized carbons (Fsp3) is 0.471. The molecule has 0 unspecified atom stereocenters. The Hall–Kier alpha value is -1.81. The number of fused-ring (bicyclic) bond motifs is 3. The van der Waals surface area contributed by atoms with Crippen molar-refractivity contribution in [3.05, 3.63) is 35.5 Å². The first-order valence-corrected chi connectivity index (χ1v) is 7.79. The van der Waals surface area contributed by atoms with Gasteiger partial charge in [-0.3, -0.25) is 10.1 Å². The molecule has 2 aromatic rings. The number of aliphatic carboxylic acids is 1. The largest absolute Gasteiger partial charge is 0.480 e. The van der Waals surface area contributed by atoms with Gasteiger partial charge < -0.3 is 10.1 Å². The first-order chi connectivity index (χ1) is 10.2. The smallest absolute Gasteiger partial charge is 0.321 e. The highest BCUT2D eigenvalue weighted by Gasteiger charge is 2.32. The maximum atomic E-state index is 11.4. The standard InChI is InChI=1S/C17H22N2O2/c1-2-3-4-9-14-16-12(10-15(18-14)17(20)21)11-7-5-6-8-13(11)19-16/h5-8,14-15,18-19H,2-4,9-10H2,1H3,(H,20,21)/t14-,15-/m0/s1. The Labute approximate surface area is 124 Å². The van der Waals surface area contributed by atoms with Gasteiger partial charge in [0.2, 0.25) is 0 Å². The number of carbonyl (C=O) groups is 1. The van der Waals surface area contributed by atoms with Gasteiger partial charge in [0.1, 0.15) is 6.04 Å². The summed E-state index contributed by atoms with van der Waals surface area (Å²) in [5.41, 5.74) is 3.47. The number of aromatic amines is 1. The molecule has 1 aliphatic heterocycles. The molecule has 0 aliphatic carbocycles. The molecule has 0 amide bonds. The van der Waals surface area contributed by atoms with E-state index in [1.807, 2.05) is 12.1 Å². The van der Waals surface area contributed by atoms with Crippen LogP contribution in [0.3, 0.4) is 0 Å². The zero-order valence-corrected chi connectivity index (χ0v) is 12.4. The maximum Gasteiger partial charge on any atom is 0.321 e. The highest BCUT2D eigenvalue weighted by molar-refractivity contribution is 5.86. The first-order valence-electron chi connectivity index (χ1n) is 7.79. The average Bonchev–Trinajstić information content (AvgIpc) is 2.86. The average molecular weight is 286 g/mol. The number of nitrogens with one attached hydrogen (secondary N) is 2. The lowest BCUT2D eigenvalue weighted by atomic mass is 9.91. The summed E-state index contributed by atoms with van der Waals surface area (Å²) in [6.07, 6.45) is 5.02. The number of carboxylic acid groups (broad SMARTS) is 1. The van der Waals surface area contributed by atoms with E-state index in [4.69, 9.17) is 0 Å². The molecule has 112 valence electrons. The quantitative estimate of drug-likeness (QED) is 0.738. The lowest BCUT2D eigenvalue weighted by Crippen LogP contribution is -2.44. The van der Waals surface area contributed by atoms with Crippen molar-refractivity contribution < 1.29 is 9.90 Å². The van der Waals surface area contributed by atoms with Crippen LogP contribution in [0, 0.1) is 0 Å². The third-order valence-electron chi connectivity index (χ3n) is 4.40. The Bertz CT molecular complexity index is 647. The molecule has 21 heavy (non-hydrogen) atoms. The highest BCUT2D eigenvalue weighted by Crippen LogP contribution is 2.34. The summed E-state index contributed by atoms with van der Waals surface area (Å²) in [5.74, 6) is -0.758. The molecule has 0 saturated heterocycles. The van der Waals surface area contributed by atoms with Crippen LogP contribution in [0.1, 0.15) is 49.9 Å². The van der Waals surface area contributed by atoms with Crippen molar-refractivity contribution in [1.82, 2.24) is 10.3 Å². The second kappa shape index (κ2) is 5.90. The fourth-order valence-electron chi connectivity index (χ4n) is 3.31. The summed E-state index contributed by atoms with van der Waals surface area (Å²) in [7, 11) is 0. The molecule has 0 fully saturated rings. The monoisotopic (exact) mass is 286 g/mol. The van der Waals surface area contributed by atoms with Crippen LogP contribution in [0.2, 0.25) is 0 Å². The minimum Gasteiger partial charge on any atom is -0.480 e. The summed E-state index contributed by atoms with van der Waals surface area (Å²) < 4.78 is 0. The minimum absolute atomic E-state index is 0.119. The topological polar surface area (TPSA) is 65.1 Å². The normalized spacial score (nSPS) is 21.4. The Balaban J connectivity index is 1.96. The first kappa shape index (κ1) is 14.1. The summed E-state index contributed by atoms with van der Waals surface area (Å²) in [6, 6.07) is 7.81. The maximum absolute atomic E-state index is 11.4. The van der Waals surface area contributed by atoms with Gasteiger partial charge in [-0.2, -0.15) is 0 Å². The van der Waals surface area contributed by atoms with E-state index >= 15 is 0 Å². The van der Waals surface area contributed by atoms with Gasteiger partial charge in [-0.1, -0.05) is 44.4 Å². The number of hydrogen-bond acceptors (Lipinski definition) is 2. The Kier molecular flexibility index (Phi) is 3.97. The van der Waals surface area contributed by atoms with Gasteiger partial charge in [0.05, 0.1) is 0 Å². The van der Waals surface area contributed by atoms with Crippen molar-refractivity contribution in [2.75, 3.05) is 0 Å². The Morgan fingerprint density at radius 3 is 2.90 bits per heavy atom. The van der Waals surface area contributed by atoms with Gasteiger partial charge in [0.15, 0.2) is 0 Å². The van der Waals surface area contributed by atoms with E-state index in [2.05, 4.69) is 29.4 Å². The van der Waals surface area contributed by atoms with E-state index in [0.717, 1.165) is 18.4 Å². The van der Waals surface area contributed by atoms with Crippen molar-refractivity contribution in [2.24, 2.45) is 0 Å². The summed E-state index contributed by atoms with van der Waals surface area (Å²) in [4.78, 5) is 14.9. The molecule has 0 bridgehead atoms. The zero-order chi connectivity index (χ0) is 14.8. The SMILES string of the molecule is CCCCC[C@@H]1N[C@H](C(=O)O)Cc2c1[nH]c1ccccc21. The zero-order valence-electron chi connectivity index (χ0n) is 12.4. The molecule has 4 nitrogen and oxygen atoms in total. The predicted molar refractivity (Wildman–Crippen MR) is 83.4 cm³/mol. The van der Waals surface area contributed by atoms with Gasteiger partial charge in [0, 0.05) is 29.1 Å². The van der Waals surface area contributed by atoms with Crippen LogP contribution in [0.5, 0.6) is 0 Å². The van der Waals surface area contributed by atoms with Crippen molar-refractivity contribution in [1.29, 1.82) is 0 Å². The molecule has 3 rings (SSSR count). The van der Waals surface area contributed by atoms with Gasteiger partial charge >= 0.3 is 5.97 Å². The number of H-pyrrole nitrogens is 1. The molecule has 1 aromatic heterocycles. The van der Waals surface area contributed by atoms with Crippen molar-refractivity contribution in [3.63, 3.8) is 0 Å². The molecule has 2 atom stereocenters. The highest BCUT2D eigenvalue weighted by atomic mass is 16.4.